The molecule has 15 nitrogen and oxygen atoms in total. The lowest BCUT2D eigenvalue weighted by Gasteiger charge is -2.13. The van der Waals surface area contributed by atoms with Crippen molar-refractivity contribution in [3.8, 4) is 0 Å². The molecule has 2 heterocycles. The standard InChI is InChI=1S/C19H15Cl2N9O6S2/c1-9-22-15(20)27-17(23-9)26-13-8-11(5-6-14(13)38(34,35)36)25-19-29-16(21)28-18(30-19)24-10-3-2-4-12(7-10)37(31,32)33/h2-8H,1H3,(H,31,32,33)(H,34,35,36)(H,22,23,26,27)(H2,24,25,28,29,30). The molecule has 4 aromatic rings. The largest absolute Gasteiger partial charge is 0.324 e. The highest BCUT2D eigenvalue weighted by Crippen LogP contribution is 2.29. The highest BCUT2D eigenvalue weighted by atomic mass is 35.5. The molecule has 0 aliphatic carbocycles. The minimum absolute atomic E-state index is 0.0774. The molecule has 0 spiro atoms. The number of hydrogen-bond acceptors (Lipinski definition) is 13. The highest BCUT2D eigenvalue weighted by Gasteiger charge is 2.18. The summed E-state index contributed by atoms with van der Waals surface area (Å²) >= 11 is 11.8. The molecule has 4 rings (SSSR count). The number of hydrogen-bond donors (Lipinski definition) is 5. The number of anilines is 6. The van der Waals surface area contributed by atoms with Gasteiger partial charge in [-0.2, -0.15) is 41.8 Å². The minimum atomic E-state index is -4.65. The average Bonchev–Trinajstić information content (AvgIpc) is 2.77. The summed E-state index contributed by atoms with van der Waals surface area (Å²) in [6, 6.07) is 8.97. The van der Waals surface area contributed by atoms with E-state index in [1.807, 2.05) is 0 Å². The van der Waals surface area contributed by atoms with Crippen LogP contribution in [0.3, 0.4) is 0 Å². The molecule has 0 aliphatic heterocycles. The minimum Gasteiger partial charge on any atom is -0.324 e. The Morgan fingerprint density at radius 2 is 1.26 bits per heavy atom. The molecule has 2 aromatic carbocycles. The van der Waals surface area contributed by atoms with E-state index < -0.39 is 25.1 Å². The topological polar surface area (TPSA) is 222 Å². The second kappa shape index (κ2) is 10.6. The molecular weight excluding hydrogens is 585 g/mol. The number of nitrogens with one attached hydrogen (secondary N) is 3. The Kier molecular flexibility index (Phi) is 7.58. The lowest BCUT2D eigenvalue weighted by atomic mass is 10.2. The number of rotatable bonds is 8. The number of aryl methyl sites for hydroxylation is 1. The van der Waals surface area contributed by atoms with Crippen molar-refractivity contribution < 1.29 is 25.9 Å². The third-order valence-electron chi connectivity index (χ3n) is 4.48. The van der Waals surface area contributed by atoms with Crippen LogP contribution in [-0.2, 0) is 20.2 Å². The molecule has 0 fully saturated rings. The van der Waals surface area contributed by atoms with Gasteiger partial charge in [-0.05, 0) is 66.5 Å². The Morgan fingerprint density at radius 3 is 1.84 bits per heavy atom. The number of nitrogens with zero attached hydrogens (tertiary/aromatic N) is 6. The van der Waals surface area contributed by atoms with Crippen LogP contribution in [0.4, 0.5) is 34.9 Å². The van der Waals surface area contributed by atoms with E-state index >= 15 is 0 Å². The summed E-state index contributed by atoms with van der Waals surface area (Å²) in [5, 5.41) is 7.86. The van der Waals surface area contributed by atoms with Gasteiger partial charge >= 0.3 is 0 Å². The third-order valence-corrected chi connectivity index (χ3v) is 6.58. The lowest BCUT2D eigenvalue weighted by Crippen LogP contribution is -2.08. The van der Waals surface area contributed by atoms with Crippen LogP contribution < -0.4 is 16.0 Å². The van der Waals surface area contributed by atoms with E-state index in [0.29, 0.717) is 0 Å². The first kappa shape index (κ1) is 27.3. The van der Waals surface area contributed by atoms with Crippen molar-refractivity contribution >= 4 is 78.3 Å². The van der Waals surface area contributed by atoms with Gasteiger partial charge in [0.25, 0.3) is 20.2 Å². The summed E-state index contributed by atoms with van der Waals surface area (Å²) in [5.41, 5.74) is 0.363. The molecule has 0 amide bonds. The normalized spacial score (nSPS) is 11.7. The first-order valence-corrected chi connectivity index (χ1v) is 13.7. The van der Waals surface area contributed by atoms with E-state index in [9.17, 15) is 25.9 Å². The highest BCUT2D eigenvalue weighted by molar-refractivity contribution is 7.86. The number of benzene rings is 2. The molecule has 198 valence electrons. The van der Waals surface area contributed by atoms with E-state index in [4.69, 9.17) is 23.2 Å². The van der Waals surface area contributed by atoms with Crippen LogP contribution in [0.25, 0.3) is 0 Å². The fourth-order valence-electron chi connectivity index (χ4n) is 3.01. The molecule has 0 aliphatic rings. The first-order chi connectivity index (χ1) is 17.8. The summed E-state index contributed by atoms with van der Waals surface area (Å²) in [6.07, 6.45) is 0. The Balaban J connectivity index is 1.65. The van der Waals surface area contributed by atoms with Crippen LogP contribution in [0.15, 0.2) is 52.3 Å². The number of aromatic nitrogens is 6. The van der Waals surface area contributed by atoms with E-state index in [1.54, 1.807) is 6.92 Å². The van der Waals surface area contributed by atoms with Crippen molar-refractivity contribution in [1.82, 2.24) is 29.9 Å². The zero-order chi connectivity index (χ0) is 27.7. The van der Waals surface area contributed by atoms with E-state index in [2.05, 4.69) is 45.9 Å². The summed E-state index contributed by atoms with van der Waals surface area (Å²) in [7, 11) is -9.09. The van der Waals surface area contributed by atoms with Gasteiger partial charge in [0.2, 0.25) is 28.4 Å². The van der Waals surface area contributed by atoms with Gasteiger partial charge in [0.15, 0.2) is 0 Å². The quantitative estimate of drug-likeness (QED) is 0.183. The molecule has 19 heteroatoms. The van der Waals surface area contributed by atoms with Crippen molar-refractivity contribution in [1.29, 1.82) is 0 Å². The van der Waals surface area contributed by atoms with Gasteiger partial charge in [-0.3, -0.25) is 9.11 Å². The first-order valence-electron chi connectivity index (χ1n) is 10.1. The van der Waals surface area contributed by atoms with E-state index in [0.717, 1.165) is 12.1 Å². The molecule has 0 unspecified atom stereocenters. The zero-order valence-electron chi connectivity index (χ0n) is 18.8. The molecule has 5 N–H and O–H groups in total. The molecule has 0 saturated heterocycles. The maximum absolute atomic E-state index is 11.9. The fraction of sp³-hybridized carbons (Fsp3) is 0.0526. The predicted octanol–water partition coefficient (Wildman–Crippen LogP) is 3.40. The lowest BCUT2D eigenvalue weighted by molar-refractivity contribution is 0.481. The van der Waals surface area contributed by atoms with Crippen molar-refractivity contribution in [2.75, 3.05) is 16.0 Å². The Labute approximate surface area is 225 Å². The smallest absolute Gasteiger partial charge is 0.296 e. The third kappa shape index (κ3) is 6.97. The van der Waals surface area contributed by atoms with Crippen molar-refractivity contribution in [3.63, 3.8) is 0 Å². The Hall–Kier alpha value is -3.74. The van der Waals surface area contributed by atoms with Crippen LogP contribution in [0.2, 0.25) is 10.6 Å². The van der Waals surface area contributed by atoms with Gasteiger partial charge in [-0.1, -0.05) is 6.07 Å². The maximum atomic E-state index is 11.9. The van der Waals surface area contributed by atoms with E-state index in [1.165, 1.54) is 30.3 Å². The van der Waals surface area contributed by atoms with Crippen LogP contribution in [-0.4, -0.2) is 55.8 Å². The van der Waals surface area contributed by atoms with Gasteiger partial charge in [0.05, 0.1) is 10.6 Å². The van der Waals surface area contributed by atoms with E-state index in [-0.39, 0.29) is 56.2 Å². The van der Waals surface area contributed by atoms with Crippen LogP contribution in [0.5, 0.6) is 0 Å². The van der Waals surface area contributed by atoms with Crippen molar-refractivity contribution in [2.45, 2.75) is 16.7 Å². The van der Waals surface area contributed by atoms with Crippen LogP contribution in [0.1, 0.15) is 5.82 Å². The van der Waals surface area contributed by atoms with Gasteiger partial charge in [-0.25, -0.2) is 4.98 Å². The SMILES string of the molecule is Cc1nc(Cl)nc(Nc2cc(Nc3nc(Cl)nc(Nc4cccc(S(=O)(=O)O)c4)n3)ccc2S(=O)(=O)O)n1. The maximum Gasteiger partial charge on any atom is 0.296 e. The second-order valence-corrected chi connectivity index (χ2v) is 10.8. The monoisotopic (exact) mass is 599 g/mol. The fourth-order valence-corrected chi connectivity index (χ4v) is 4.53. The summed E-state index contributed by atoms with van der Waals surface area (Å²) < 4.78 is 65.5. The van der Waals surface area contributed by atoms with Gasteiger partial charge < -0.3 is 16.0 Å². The molecule has 0 atom stereocenters. The molecule has 2 aromatic heterocycles. The molecule has 38 heavy (non-hydrogen) atoms. The average molecular weight is 600 g/mol. The molecule has 0 saturated carbocycles. The van der Waals surface area contributed by atoms with Crippen LogP contribution in [0, 0.1) is 6.92 Å². The predicted molar refractivity (Wildman–Crippen MR) is 137 cm³/mol. The summed E-state index contributed by atoms with van der Waals surface area (Å²) in [5.74, 6) is 0.0229. The molecule has 0 radical (unpaired) electrons. The zero-order valence-corrected chi connectivity index (χ0v) is 22.0. The number of halogens is 2. The summed E-state index contributed by atoms with van der Waals surface area (Å²) in [4.78, 5) is 22.9. The summed E-state index contributed by atoms with van der Waals surface area (Å²) in [6.45, 7) is 1.55. The molecular formula is C19H15Cl2N9O6S2. The Morgan fingerprint density at radius 1 is 0.684 bits per heavy atom. The van der Waals surface area contributed by atoms with Gasteiger partial charge in [0.1, 0.15) is 10.7 Å². The van der Waals surface area contributed by atoms with Gasteiger partial charge in [0, 0.05) is 11.4 Å². The van der Waals surface area contributed by atoms with Crippen molar-refractivity contribution in [2.24, 2.45) is 0 Å². The molecule has 0 bridgehead atoms. The van der Waals surface area contributed by atoms with Crippen molar-refractivity contribution in [3.05, 3.63) is 58.9 Å². The van der Waals surface area contributed by atoms with Gasteiger partial charge in [-0.15, -0.1) is 0 Å². The van der Waals surface area contributed by atoms with Crippen LogP contribution >= 0.6 is 23.2 Å². The second-order valence-electron chi connectivity index (χ2n) is 7.29. The Bertz CT molecular complexity index is 1740.